The van der Waals surface area contributed by atoms with Gasteiger partial charge in [0.25, 0.3) is 0 Å². The Morgan fingerprint density at radius 3 is 3.00 bits per heavy atom. The molecule has 0 spiro atoms. The summed E-state index contributed by atoms with van der Waals surface area (Å²) in [7, 11) is 0. The second kappa shape index (κ2) is 3.44. The number of carbonyl (C=O) groups excluding carboxylic acids is 1. The molecule has 2 aromatic heterocycles. The van der Waals surface area contributed by atoms with Crippen LogP contribution < -0.4 is 5.73 Å². The number of fused-ring (bicyclic) bond motifs is 1. The maximum atomic E-state index is 10.8. The fraction of sp³-hybridized carbons (Fsp3) is 0. The van der Waals surface area contributed by atoms with Crippen molar-refractivity contribution < 1.29 is 9.32 Å². The van der Waals surface area contributed by atoms with Crippen LogP contribution in [0.1, 0.15) is 10.7 Å². The van der Waals surface area contributed by atoms with E-state index >= 15 is 0 Å². The van der Waals surface area contributed by atoms with Gasteiger partial charge in [-0.25, -0.2) is 0 Å². The molecule has 0 bridgehead atoms. The number of primary amides is 1. The minimum Gasteiger partial charge on any atom is -0.361 e. The first-order valence-corrected chi connectivity index (χ1v) is 4.95. The molecule has 0 radical (unpaired) electrons. The molecule has 1 aromatic carbocycles. The number of aromatic nitrogens is 3. The Balaban J connectivity index is 2.09. The van der Waals surface area contributed by atoms with Gasteiger partial charge in [0.15, 0.2) is 0 Å². The van der Waals surface area contributed by atoms with E-state index in [4.69, 9.17) is 10.3 Å². The van der Waals surface area contributed by atoms with Crippen molar-refractivity contribution in [2.75, 3.05) is 0 Å². The van der Waals surface area contributed by atoms with Gasteiger partial charge in [-0.3, -0.25) is 4.79 Å². The first kappa shape index (κ1) is 9.59. The van der Waals surface area contributed by atoms with E-state index in [1.807, 2.05) is 30.5 Å². The number of aromatic amines is 1. The summed E-state index contributed by atoms with van der Waals surface area (Å²) in [6.07, 6.45) is 1.85. The molecule has 3 N–H and O–H groups in total. The molecule has 3 aromatic rings. The van der Waals surface area contributed by atoms with Gasteiger partial charge in [0.2, 0.25) is 5.82 Å². The third-order valence-corrected chi connectivity index (χ3v) is 2.45. The van der Waals surface area contributed by atoms with E-state index in [-0.39, 0.29) is 5.89 Å². The van der Waals surface area contributed by atoms with Crippen molar-refractivity contribution >= 4 is 16.8 Å². The molecule has 84 valence electrons. The van der Waals surface area contributed by atoms with Crippen LogP contribution >= 0.6 is 0 Å². The number of H-pyrrole nitrogens is 1. The Labute approximate surface area is 95.4 Å². The molecule has 0 atom stereocenters. The van der Waals surface area contributed by atoms with Crippen molar-refractivity contribution in [2.45, 2.75) is 0 Å². The summed E-state index contributed by atoms with van der Waals surface area (Å²) in [5.74, 6) is -0.577. The molecule has 0 aliphatic rings. The van der Waals surface area contributed by atoms with Gasteiger partial charge in [0.1, 0.15) is 0 Å². The third kappa shape index (κ3) is 1.55. The lowest BCUT2D eigenvalue weighted by Gasteiger charge is -1.94. The van der Waals surface area contributed by atoms with Gasteiger partial charge in [-0.15, -0.1) is 0 Å². The molecule has 6 heteroatoms. The Morgan fingerprint density at radius 1 is 1.35 bits per heavy atom. The van der Waals surface area contributed by atoms with Crippen LogP contribution in [0.2, 0.25) is 0 Å². The average molecular weight is 228 g/mol. The van der Waals surface area contributed by atoms with Crippen LogP contribution in [0.25, 0.3) is 22.3 Å². The third-order valence-electron chi connectivity index (χ3n) is 2.45. The van der Waals surface area contributed by atoms with Crippen molar-refractivity contribution in [3.8, 4) is 11.4 Å². The molecule has 17 heavy (non-hydrogen) atoms. The van der Waals surface area contributed by atoms with Gasteiger partial charge in [-0.2, -0.15) is 4.98 Å². The molecule has 0 saturated carbocycles. The minimum atomic E-state index is -0.732. The van der Waals surface area contributed by atoms with Crippen molar-refractivity contribution in [2.24, 2.45) is 5.73 Å². The average Bonchev–Trinajstić information content (AvgIpc) is 2.97. The summed E-state index contributed by atoms with van der Waals surface area (Å²) in [5.41, 5.74) is 6.76. The number of hydrogen-bond acceptors (Lipinski definition) is 4. The first-order chi connectivity index (χ1) is 8.24. The largest absolute Gasteiger partial charge is 0.361 e. The van der Waals surface area contributed by atoms with Crippen LogP contribution in [0, 0.1) is 0 Å². The highest BCUT2D eigenvalue weighted by Gasteiger charge is 2.12. The molecule has 0 aliphatic carbocycles. The predicted octanol–water partition coefficient (Wildman–Crippen LogP) is 1.32. The smallest absolute Gasteiger partial charge is 0.316 e. The van der Waals surface area contributed by atoms with Gasteiger partial charge in [0, 0.05) is 17.3 Å². The zero-order chi connectivity index (χ0) is 11.8. The molecule has 0 aliphatic heterocycles. The molecule has 2 heterocycles. The molecule has 6 nitrogen and oxygen atoms in total. The second-order valence-corrected chi connectivity index (χ2v) is 3.57. The van der Waals surface area contributed by atoms with Gasteiger partial charge in [0.05, 0.1) is 0 Å². The summed E-state index contributed by atoms with van der Waals surface area (Å²) in [4.78, 5) is 17.8. The Bertz CT molecular complexity index is 698. The van der Waals surface area contributed by atoms with E-state index in [1.165, 1.54) is 0 Å². The molecular weight excluding hydrogens is 220 g/mol. The van der Waals surface area contributed by atoms with Crippen molar-refractivity contribution in [1.82, 2.24) is 15.1 Å². The standard InChI is InChI=1S/C11H8N4O2/c12-9(16)11-14-10(15-17-11)7-2-1-6-3-4-13-8(6)5-7/h1-5,13H,(H2,12,16). The van der Waals surface area contributed by atoms with Crippen molar-refractivity contribution in [3.63, 3.8) is 0 Å². The lowest BCUT2D eigenvalue weighted by atomic mass is 10.1. The van der Waals surface area contributed by atoms with E-state index in [0.717, 1.165) is 16.5 Å². The van der Waals surface area contributed by atoms with Gasteiger partial charge in [-0.1, -0.05) is 17.3 Å². The van der Waals surface area contributed by atoms with Gasteiger partial charge >= 0.3 is 11.8 Å². The predicted molar refractivity (Wildman–Crippen MR) is 60.1 cm³/mol. The van der Waals surface area contributed by atoms with Gasteiger partial charge in [-0.05, 0) is 17.5 Å². The molecule has 0 saturated heterocycles. The molecule has 1 amide bonds. The van der Waals surface area contributed by atoms with E-state index in [1.54, 1.807) is 0 Å². The zero-order valence-corrected chi connectivity index (χ0v) is 8.68. The van der Waals surface area contributed by atoms with Crippen molar-refractivity contribution in [1.29, 1.82) is 0 Å². The fourth-order valence-corrected chi connectivity index (χ4v) is 1.63. The number of benzene rings is 1. The molecule has 0 unspecified atom stereocenters. The number of nitrogens with zero attached hydrogens (tertiary/aromatic N) is 2. The Hall–Kier alpha value is -2.63. The number of nitrogens with two attached hydrogens (primary N) is 1. The van der Waals surface area contributed by atoms with Crippen LogP contribution in [0.5, 0.6) is 0 Å². The van der Waals surface area contributed by atoms with Crippen LogP contribution in [0.4, 0.5) is 0 Å². The van der Waals surface area contributed by atoms with E-state index in [0.29, 0.717) is 5.82 Å². The van der Waals surface area contributed by atoms with Crippen LogP contribution in [-0.4, -0.2) is 21.0 Å². The molecular formula is C11H8N4O2. The lowest BCUT2D eigenvalue weighted by molar-refractivity contribution is 0.0958. The summed E-state index contributed by atoms with van der Waals surface area (Å²) in [6.45, 7) is 0. The SMILES string of the molecule is NC(=O)c1nc(-c2ccc3cc[nH]c3c2)no1. The maximum Gasteiger partial charge on any atom is 0.316 e. The number of carbonyl (C=O) groups is 1. The zero-order valence-electron chi connectivity index (χ0n) is 8.68. The number of nitrogens with one attached hydrogen (secondary N) is 1. The van der Waals surface area contributed by atoms with Crippen LogP contribution in [0.3, 0.4) is 0 Å². The summed E-state index contributed by atoms with van der Waals surface area (Å²) in [5, 5.41) is 4.79. The number of rotatable bonds is 2. The summed E-state index contributed by atoms with van der Waals surface area (Å²) in [6, 6.07) is 7.63. The molecule has 3 rings (SSSR count). The highest BCUT2D eigenvalue weighted by molar-refractivity contribution is 5.88. The van der Waals surface area contributed by atoms with Gasteiger partial charge < -0.3 is 15.2 Å². The summed E-state index contributed by atoms with van der Waals surface area (Å²) < 4.78 is 4.73. The van der Waals surface area contributed by atoms with E-state index < -0.39 is 5.91 Å². The normalized spacial score (nSPS) is 10.8. The quantitative estimate of drug-likeness (QED) is 0.691. The van der Waals surface area contributed by atoms with Crippen LogP contribution in [-0.2, 0) is 0 Å². The number of hydrogen-bond donors (Lipinski definition) is 2. The Kier molecular flexibility index (Phi) is 1.94. The second-order valence-electron chi connectivity index (χ2n) is 3.57. The first-order valence-electron chi connectivity index (χ1n) is 4.95. The van der Waals surface area contributed by atoms with E-state index in [2.05, 4.69) is 15.1 Å². The van der Waals surface area contributed by atoms with E-state index in [9.17, 15) is 4.79 Å². The minimum absolute atomic E-state index is 0.188. The topological polar surface area (TPSA) is 97.8 Å². The summed E-state index contributed by atoms with van der Waals surface area (Å²) >= 11 is 0. The Morgan fingerprint density at radius 2 is 2.24 bits per heavy atom. The fourth-order valence-electron chi connectivity index (χ4n) is 1.63. The maximum absolute atomic E-state index is 10.8. The van der Waals surface area contributed by atoms with Crippen LogP contribution in [0.15, 0.2) is 35.0 Å². The number of amides is 1. The lowest BCUT2D eigenvalue weighted by Crippen LogP contribution is -2.10. The molecule has 0 fully saturated rings. The van der Waals surface area contributed by atoms with Crippen molar-refractivity contribution in [3.05, 3.63) is 36.4 Å². The monoisotopic (exact) mass is 228 g/mol. The highest BCUT2D eigenvalue weighted by atomic mass is 16.5. The highest BCUT2D eigenvalue weighted by Crippen LogP contribution is 2.21.